The number of halogens is 2. The van der Waals surface area contributed by atoms with Crippen LogP contribution in [0.2, 0.25) is 0 Å². The molecule has 0 bridgehead atoms. The summed E-state index contributed by atoms with van der Waals surface area (Å²) in [7, 11) is -3.31. The molecule has 0 radical (unpaired) electrons. The molecule has 3 aromatic heterocycles. The van der Waals surface area contributed by atoms with E-state index in [9.17, 15) is 17.2 Å². The van der Waals surface area contributed by atoms with Gasteiger partial charge in [-0.3, -0.25) is 0 Å². The topological polar surface area (TPSA) is 101 Å². The molecule has 0 aliphatic heterocycles. The number of H-pyrrole nitrogens is 1. The van der Waals surface area contributed by atoms with Crippen LogP contribution in [0.15, 0.2) is 24.7 Å². The Hall–Kier alpha value is -2.62. The van der Waals surface area contributed by atoms with Crippen molar-refractivity contribution in [1.82, 2.24) is 19.9 Å². The summed E-state index contributed by atoms with van der Waals surface area (Å²) in [6, 6.07) is 0.706. The minimum absolute atomic E-state index is 0.118. The molecule has 0 saturated heterocycles. The maximum Gasteiger partial charge on any atom is 0.183 e. The highest BCUT2D eigenvalue weighted by molar-refractivity contribution is 7.90. The second-order valence-electron chi connectivity index (χ2n) is 7.80. The van der Waals surface area contributed by atoms with Crippen LogP contribution >= 0.6 is 0 Å². The highest BCUT2D eigenvalue weighted by Gasteiger charge is 2.29. The van der Waals surface area contributed by atoms with E-state index in [2.05, 4.69) is 25.3 Å². The van der Waals surface area contributed by atoms with E-state index < -0.39 is 32.9 Å². The smallest absolute Gasteiger partial charge is 0.183 e. The molecule has 0 saturated carbocycles. The number of sulfone groups is 1. The first-order valence-electron chi connectivity index (χ1n) is 8.54. The van der Waals surface area contributed by atoms with Crippen LogP contribution in [0.5, 0.6) is 0 Å². The van der Waals surface area contributed by atoms with Gasteiger partial charge < -0.3 is 10.3 Å². The number of hydrogen-bond acceptors (Lipinski definition) is 6. The van der Waals surface area contributed by atoms with Crippen LogP contribution in [0, 0.1) is 17.0 Å². The zero-order chi connectivity index (χ0) is 20.7. The fourth-order valence-corrected chi connectivity index (χ4v) is 3.93. The van der Waals surface area contributed by atoms with Gasteiger partial charge in [0.1, 0.15) is 21.3 Å². The van der Waals surface area contributed by atoms with E-state index in [1.807, 2.05) is 20.8 Å². The summed E-state index contributed by atoms with van der Waals surface area (Å²) in [5.41, 5.74) is 0.429. The third kappa shape index (κ3) is 4.44. The van der Waals surface area contributed by atoms with E-state index in [0.717, 1.165) is 18.6 Å². The third-order valence-electron chi connectivity index (χ3n) is 4.31. The molecule has 3 rings (SSSR count). The summed E-state index contributed by atoms with van der Waals surface area (Å²) in [5, 5.41) is 3.36. The molecule has 0 spiro atoms. The van der Waals surface area contributed by atoms with Gasteiger partial charge in [0.15, 0.2) is 17.5 Å². The molecule has 0 aromatic carbocycles. The van der Waals surface area contributed by atoms with Crippen molar-refractivity contribution >= 4 is 26.7 Å². The molecule has 2 N–H and O–H groups in total. The highest BCUT2D eigenvalue weighted by Crippen LogP contribution is 2.29. The molecule has 7 nitrogen and oxygen atoms in total. The second kappa shape index (κ2) is 7.08. The number of aromatic nitrogens is 4. The lowest BCUT2D eigenvalue weighted by Gasteiger charge is -2.31. The van der Waals surface area contributed by atoms with E-state index in [4.69, 9.17) is 0 Å². The number of pyridine rings is 1. The van der Waals surface area contributed by atoms with E-state index in [0.29, 0.717) is 16.6 Å². The Kier molecular flexibility index (Phi) is 5.09. The zero-order valence-electron chi connectivity index (χ0n) is 15.9. The van der Waals surface area contributed by atoms with Gasteiger partial charge in [0.2, 0.25) is 0 Å². The molecule has 1 unspecified atom stereocenters. The first-order valence-corrected chi connectivity index (χ1v) is 10.6. The molecule has 0 aliphatic carbocycles. The molecular weight excluding hydrogens is 388 g/mol. The number of rotatable bonds is 5. The molecule has 3 aromatic rings. The van der Waals surface area contributed by atoms with Crippen molar-refractivity contribution in [2.24, 2.45) is 5.41 Å². The second-order valence-corrected chi connectivity index (χ2v) is 9.98. The standard InChI is InChI=1S/C18H21F2N5O2S/c1-18(2,3)14(9-28(4,26)27)24-17-13(20)8-23-16(25-17)12-7-22-15-11(12)5-10(19)6-21-15/h5-8,14H,9H2,1-4H3,(H,21,22)(H,23,24,25). The van der Waals surface area contributed by atoms with Crippen LogP contribution in [-0.4, -0.2) is 46.4 Å². The van der Waals surface area contributed by atoms with Crippen LogP contribution in [0.4, 0.5) is 14.6 Å². The summed E-state index contributed by atoms with van der Waals surface area (Å²) in [6.07, 6.45) is 4.77. The maximum absolute atomic E-state index is 14.4. The molecule has 150 valence electrons. The van der Waals surface area contributed by atoms with Crippen molar-refractivity contribution in [3.05, 3.63) is 36.3 Å². The monoisotopic (exact) mass is 409 g/mol. The van der Waals surface area contributed by atoms with Crippen LogP contribution < -0.4 is 5.32 Å². The molecule has 3 heterocycles. The Balaban J connectivity index is 2.02. The van der Waals surface area contributed by atoms with Crippen molar-refractivity contribution in [3.63, 3.8) is 0 Å². The summed E-state index contributed by atoms with van der Waals surface area (Å²) >= 11 is 0. The lowest BCUT2D eigenvalue weighted by Crippen LogP contribution is -2.40. The fourth-order valence-electron chi connectivity index (χ4n) is 2.74. The predicted octanol–water partition coefficient (Wildman–Crippen LogP) is 3.17. The average Bonchev–Trinajstić information content (AvgIpc) is 2.97. The van der Waals surface area contributed by atoms with Crippen molar-refractivity contribution < 1.29 is 17.2 Å². The first-order chi connectivity index (χ1) is 12.9. The number of nitrogens with zero attached hydrogens (tertiary/aromatic N) is 3. The highest BCUT2D eigenvalue weighted by atomic mass is 32.2. The van der Waals surface area contributed by atoms with Gasteiger partial charge in [-0.1, -0.05) is 20.8 Å². The lowest BCUT2D eigenvalue weighted by molar-refractivity contribution is 0.358. The Morgan fingerprint density at radius 2 is 1.93 bits per heavy atom. The van der Waals surface area contributed by atoms with Crippen molar-refractivity contribution in [2.75, 3.05) is 17.3 Å². The van der Waals surface area contributed by atoms with E-state index in [1.54, 1.807) is 6.20 Å². The molecule has 0 fully saturated rings. The molecule has 1 atom stereocenters. The summed E-state index contributed by atoms with van der Waals surface area (Å²) < 4.78 is 51.5. The quantitative estimate of drug-likeness (QED) is 0.671. The van der Waals surface area contributed by atoms with Gasteiger partial charge in [0, 0.05) is 29.4 Å². The Labute approximate surface area is 161 Å². The van der Waals surface area contributed by atoms with Gasteiger partial charge in [-0.15, -0.1) is 0 Å². The number of nitrogens with one attached hydrogen (secondary N) is 2. The van der Waals surface area contributed by atoms with E-state index in [-0.39, 0.29) is 17.4 Å². The molecule has 28 heavy (non-hydrogen) atoms. The summed E-state index contributed by atoms with van der Waals surface area (Å²) in [4.78, 5) is 15.0. The van der Waals surface area contributed by atoms with Crippen LogP contribution in [0.25, 0.3) is 22.4 Å². The molecule has 10 heteroatoms. The Bertz CT molecular complexity index is 1120. The zero-order valence-corrected chi connectivity index (χ0v) is 16.7. The Morgan fingerprint density at radius 3 is 2.57 bits per heavy atom. The predicted molar refractivity (Wildman–Crippen MR) is 104 cm³/mol. The van der Waals surface area contributed by atoms with Crippen molar-refractivity contribution in [2.45, 2.75) is 26.8 Å². The van der Waals surface area contributed by atoms with Gasteiger partial charge >= 0.3 is 0 Å². The lowest BCUT2D eigenvalue weighted by atomic mass is 9.88. The number of aromatic amines is 1. The maximum atomic E-state index is 14.4. The first kappa shape index (κ1) is 20.1. The van der Waals surface area contributed by atoms with Gasteiger partial charge in [0.05, 0.1) is 18.1 Å². The third-order valence-corrected chi connectivity index (χ3v) is 5.25. The number of hydrogen-bond donors (Lipinski definition) is 2. The normalized spacial score (nSPS) is 13.6. The van der Waals surface area contributed by atoms with Crippen molar-refractivity contribution in [1.29, 1.82) is 0 Å². The van der Waals surface area contributed by atoms with Gasteiger partial charge in [-0.2, -0.15) is 0 Å². The molecule has 0 aliphatic rings. The van der Waals surface area contributed by atoms with E-state index >= 15 is 0 Å². The average molecular weight is 409 g/mol. The largest absolute Gasteiger partial charge is 0.363 e. The summed E-state index contributed by atoms with van der Waals surface area (Å²) in [6.45, 7) is 5.55. The van der Waals surface area contributed by atoms with Gasteiger partial charge in [-0.25, -0.2) is 32.2 Å². The van der Waals surface area contributed by atoms with E-state index in [1.165, 1.54) is 6.07 Å². The van der Waals surface area contributed by atoms with Crippen LogP contribution in [0.3, 0.4) is 0 Å². The molecular formula is C18H21F2N5O2S. The Morgan fingerprint density at radius 1 is 1.21 bits per heavy atom. The number of fused-ring (bicyclic) bond motifs is 1. The van der Waals surface area contributed by atoms with Crippen LogP contribution in [0.1, 0.15) is 20.8 Å². The fraction of sp³-hybridized carbons (Fsp3) is 0.389. The van der Waals surface area contributed by atoms with Gasteiger partial charge in [0.25, 0.3) is 0 Å². The SMILES string of the molecule is CC(C)(C)C(CS(C)(=O)=O)Nc1nc(-c2c[nH]c3ncc(F)cc23)ncc1F. The van der Waals surface area contributed by atoms with Gasteiger partial charge in [-0.05, 0) is 11.5 Å². The minimum atomic E-state index is -3.31. The van der Waals surface area contributed by atoms with Crippen LogP contribution in [-0.2, 0) is 9.84 Å². The summed E-state index contributed by atoms with van der Waals surface area (Å²) in [5.74, 6) is -1.37. The van der Waals surface area contributed by atoms with Crippen molar-refractivity contribution in [3.8, 4) is 11.4 Å². The minimum Gasteiger partial charge on any atom is -0.363 e. The molecule has 0 amide bonds. The number of anilines is 1.